The number of aryl methyl sites for hydroxylation is 2. The SMILES string of the molecule is CNC(=O)c1nnc(-n2c([C@@H]3CCCC(=O)N3c3ccc(F)c(F)c3)nc3cc(-c4c(C)noc4C)ccc32)s1. The van der Waals surface area contributed by atoms with Gasteiger partial charge in [0.25, 0.3) is 5.91 Å². The summed E-state index contributed by atoms with van der Waals surface area (Å²) in [6.07, 6.45) is 1.36. The van der Waals surface area contributed by atoms with Crippen molar-refractivity contribution in [3.63, 3.8) is 0 Å². The van der Waals surface area contributed by atoms with Gasteiger partial charge in [-0.2, -0.15) is 0 Å². The molecule has 1 atom stereocenters. The van der Waals surface area contributed by atoms with Crippen molar-refractivity contribution in [2.24, 2.45) is 0 Å². The van der Waals surface area contributed by atoms with Crippen molar-refractivity contribution in [3.05, 3.63) is 70.3 Å². The first-order valence-corrected chi connectivity index (χ1v) is 13.4. The minimum Gasteiger partial charge on any atom is -0.361 e. The average molecular weight is 564 g/mol. The lowest BCUT2D eigenvalue weighted by Crippen LogP contribution is -2.39. The lowest BCUT2D eigenvalue weighted by molar-refractivity contribution is -0.120. The Morgan fingerprint density at radius 2 is 1.95 bits per heavy atom. The zero-order chi connectivity index (χ0) is 28.1. The third-order valence-corrected chi connectivity index (χ3v) is 7.86. The van der Waals surface area contributed by atoms with E-state index in [4.69, 9.17) is 9.51 Å². The van der Waals surface area contributed by atoms with Crippen LogP contribution in [-0.4, -0.2) is 43.8 Å². The third-order valence-electron chi connectivity index (χ3n) is 6.96. The van der Waals surface area contributed by atoms with Crippen LogP contribution in [0.2, 0.25) is 0 Å². The summed E-state index contributed by atoms with van der Waals surface area (Å²) in [6, 6.07) is 8.47. The van der Waals surface area contributed by atoms with Gasteiger partial charge in [-0.3, -0.25) is 14.2 Å². The molecule has 0 saturated carbocycles. The van der Waals surface area contributed by atoms with Gasteiger partial charge in [-0.05, 0) is 56.5 Å². The second kappa shape index (κ2) is 9.90. The van der Waals surface area contributed by atoms with Crippen LogP contribution in [0.5, 0.6) is 0 Å². The number of nitrogens with one attached hydrogen (secondary N) is 1. The van der Waals surface area contributed by atoms with Crippen molar-refractivity contribution in [2.75, 3.05) is 11.9 Å². The van der Waals surface area contributed by atoms with E-state index >= 15 is 0 Å². The molecule has 1 saturated heterocycles. The van der Waals surface area contributed by atoms with Crippen LogP contribution in [0.3, 0.4) is 0 Å². The highest BCUT2D eigenvalue weighted by Gasteiger charge is 2.35. The number of hydrogen-bond donors (Lipinski definition) is 1. The fraction of sp³-hybridized carbons (Fsp3) is 0.259. The molecular weight excluding hydrogens is 540 g/mol. The number of halogens is 2. The first-order chi connectivity index (χ1) is 19.3. The number of hydrogen-bond acceptors (Lipinski definition) is 8. The zero-order valence-electron chi connectivity index (χ0n) is 21.7. The molecule has 0 bridgehead atoms. The molecule has 13 heteroatoms. The highest BCUT2D eigenvalue weighted by atomic mass is 32.1. The number of nitrogens with zero attached hydrogens (tertiary/aromatic N) is 6. The molecule has 1 N–H and O–H groups in total. The van der Waals surface area contributed by atoms with Crippen LogP contribution in [-0.2, 0) is 4.79 Å². The van der Waals surface area contributed by atoms with E-state index in [1.807, 2.05) is 32.0 Å². The number of piperidine rings is 1. The van der Waals surface area contributed by atoms with Crippen molar-refractivity contribution in [3.8, 4) is 16.3 Å². The molecule has 2 aromatic carbocycles. The summed E-state index contributed by atoms with van der Waals surface area (Å²) in [7, 11) is 1.50. The number of amides is 2. The lowest BCUT2D eigenvalue weighted by atomic mass is 9.99. The van der Waals surface area contributed by atoms with Crippen LogP contribution >= 0.6 is 11.3 Å². The number of benzene rings is 2. The second-order valence-corrected chi connectivity index (χ2v) is 10.4. The number of fused-ring (bicyclic) bond motifs is 1. The standard InChI is InChI=1S/C27H23F2N7O3S/c1-13-23(14(2)39-34-13)15-7-10-20-19(11-15)31-24(36(20)27-33-32-26(40-27)25(38)30-3)21-5-4-6-22(37)35(21)16-8-9-17(28)18(29)12-16/h7-12,21H,4-6H2,1-3H3,(H,30,38)/t21-/m0/s1. The molecule has 4 heterocycles. The zero-order valence-corrected chi connectivity index (χ0v) is 22.6. The molecule has 0 spiro atoms. The van der Waals surface area contributed by atoms with E-state index in [9.17, 15) is 18.4 Å². The molecule has 1 aliphatic rings. The molecule has 5 aromatic rings. The largest absolute Gasteiger partial charge is 0.361 e. The Hall–Kier alpha value is -4.52. The summed E-state index contributed by atoms with van der Waals surface area (Å²) < 4.78 is 35.1. The quantitative estimate of drug-likeness (QED) is 0.318. The molecule has 10 nitrogen and oxygen atoms in total. The maximum Gasteiger partial charge on any atom is 0.282 e. The van der Waals surface area contributed by atoms with Crippen molar-refractivity contribution in [1.29, 1.82) is 0 Å². The topological polar surface area (TPSA) is 119 Å². The van der Waals surface area contributed by atoms with Gasteiger partial charge in [0.15, 0.2) is 11.6 Å². The fourth-order valence-electron chi connectivity index (χ4n) is 5.15. The smallest absolute Gasteiger partial charge is 0.282 e. The van der Waals surface area contributed by atoms with Gasteiger partial charge in [-0.25, -0.2) is 13.8 Å². The molecule has 3 aromatic heterocycles. The van der Waals surface area contributed by atoms with Gasteiger partial charge in [0.1, 0.15) is 11.6 Å². The summed E-state index contributed by atoms with van der Waals surface area (Å²) in [5.41, 5.74) is 3.94. The number of anilines is 1. The van der Waals surface area contributed by atoms with Gasteiger partial charge in [0.05, 0.1) is 22.8 Å². The van der Waals surface area contributed by atoms with E-state index in [-0.39, 0.29) is 28.9 Å². The van der Waals surface area contributed by atoms with Crippen LogP contribution in [0, 0.1) is 25.5 Å². The molecule has 0 aliphatic carbocycles. The Labute approximate surface area is 230 Å². The maximum atomic E-state index is 14.3. The van der Waals surface area contributed by atoms with Gasteiger partial charge in [0.2, 0.25) is 16.0 Å². The van der Waals surface area contributed by atoms with Crippen molar-refractivity contribution >= 4 is 39.9 Å². The van der Waals surface area contributed by atoms with E-state index < -0.39 is 17.7 Å². The number of aromatic nitrogens is 5. The maximum absolute atomic E-state index is 14.3. The van der Waals surface area contributed by atoms with E-state index in [0.29, 0.717) is 40.6 Å². The Morgan fingerprint density at radius 3 is 2.67 bits per heavy atom. The molecule has 0 radical (unpaired) electrons. The van der Waals surface area contributed by atoms with Crippen molar-refractivity contribution in [1.82, 2.24) is 30.2 Å². The monoisotopic (exact) mass is 563 g/mol. The van der Waals surface area contributed by atoms with Crippen LogP contribution in [0.25, 0.3) is 27.3 Å². The molecule has 40 heavy (non-hydrogen) atoms. The molecule has 6 rings (SSSR count). The molecule has 204 valence electrons. The summed E-state index contributed by atoms with van der Waals surface area (Å²) in [6.45, 7) is 3.69. The highest BCUT2D eigenvalue weighted by molar-refractivity contribution is 7.15. The Morgan fingerprint density at radius 1 is 1.12 bits per heavy atom. The third kappa shape index (κ3) is 4.22. The van der Waals surface area contributed by atoms with Crippen LogP contribution in [0.4, 0.5) is 14.5 Å². The fourth-order valence-corrected chi connectivity index (χ4v) is 5.97. The van der Waals surface area contributed by atoms with Crippen molar-refractivity contribution < 1.29 is 22.9 Å². The molecule has 1 fully saturated rings. The predicted octanol–water partition coefficient (Wildman–Crippen LogP) is 5.04. The van der Waals surface area contributed by atoms with E-state index in [2.05, 4.69) is 20.7 Å². The Balaban J connectivity index is 1.56. The van der Waals surface area contributed by atoms with Crippen molar-refractivity contribution in [2.45, 2.75) is 39.2 Å². The van der Waals surface area contributed by atoms with Gasteiger partial charge >= 0.3 is 0 Å². The summed E-state index contributed by atoms with van der Waals surface area (Å²) >= 11 is 1.08. The summed E-state index contributed by atoms with van der Waals surface area (Å²) in [4.78, 5) is 31.9. The first kappa shape index (κ1) is 25.7. The van der Waals surface area contributed by atoms with Gasteiger partial charge in [-0.15, -0.1) is 10.2 Å². The summed E-state index contributed by atoms with van der Waals surface area (Å²) in [5, 5.41) is 15.5. The summed E-state index contributed by atoms with van der Waals surface area (Å²) in [5.74, 6) is -1.54. The average Bonchev–Trinajstić information content (AvgIpc) is 3.66. The van der Waals surface area contributed by atoms with E-state index in [1.165, 1.54) is 18.0 Å². The highest BCUT2D eigenvalue weighted by Crippen LogP contribution is 2.39. The van der Waals surface area contributed by atoms with Crippen LogP contribution in [0.1, 0.15) is 52.4 Å². The first-order valence-electron chi connectivity index (χ1n) is 12.6. The minimum atomic E-state index is -1.05. The normalized spacial score (nSPS) is 15.7. The second-order valence-electron chi connectivity index (χ2n) is 9.45. The van der Waals surface area contributed by atoms with Crippen LogP contribution < -0.4 is 10.2 Å². The molecule has 1 aliphatic heterocycles. The van der Waals surface area contributed by atoms with Gasteiger partial charge < -0.3 is 14.7 Å². The number of imidazole rings is 1. The Bertz CT molecular complexity index is 1770. The molecule has 2 amide bonds. The number of carbonyl (C=O) groups excluding carboxylic acids is 2. The van der Waals surface area contributed by atoms with Gasteiger partial charge in [-0.1, -0.05) is 22.6 Å². The molecule has 0 unspecified atom stereocenters. The minimum absolute atomic E-state index is 0.162. The number of carbonyl (C=O) groups is 2. The molecular formula is C27H23F2N7O3S. The van der Waals surface area contributed by atoms with Crippen LogP contribution in [0.15, 0.2) is 40.9 Å². The lowest BCUT2D eigenvalue weighted by Gasteiger charge is -2.35. The van der Waals surface area contributed by atoms with E-state index in [0.717, 1.165) is 40.3 Å². The van der Waals surface area contributed by atoms with Gasteiger partial charge in [0, 0.05) is 30.8 Å². The Kier molecular flexibility index (Phi) is 6.37. The van der Waals surface area contributed by atoms with E-state index in [1.54, 1.807) is 4.57 Å². The predicted molar refractivity (Wildman–Crippen MR) is 143 cm³/mol. The number of rotatable bonds is 5.